The number of carbonyl (C=O) groups excluding carboxylic acids is 1. The van der Waals surface area contributed by atoms with Crippen molar-refractivity contribution in [2.45, 2.75) is 25.5 Å². The number of nitrogens with zero attached hydrogens (tertiary/aromatic N) is 1. The van der Waals surface area contributed by atoms with Crippen molar-refractivity contribution in [3.05, 3.63) is 45.7 Å². The molecule has 1 heterocycles. The predicted molar refractivity (Wildman–Crippen MR) is 75.8 cm³/mol. The number of benzene rings is 1. The van der Waals surface area contributed by atoms with Gasteiger partial charge < -0.3 is 10.0 Å². The highest BCUT2D eigenvalue weighted by atomic mass is 35.5. The fraction of sp³-hybridized carbons (Fsp3) is 0.357. The van der Waals surface area contributed by atoms with E-state index in [1.54, 1.807) is 0 Å². The van der Waals surface area contributed by atoms with Crippen LogP contribution in [0.1, 0.15) is 18.9 Å². The molecule has 0 fully saturated rings. The summed E-state index contributed by atoms with van der Waals surface area (Å²) in [6, 6.07) is 5.66. The van der Waals surface area contributed by atoms with Gasteiger partial charge >= 0.3 is 0 Å². The Balaban J connectivity index is 2.34. The Morgan fingerprint density at radius 3 is 2.45 bits per heavy atom. The molecule has 1 aliphatic rings. The van der Waals surface area contributed by atoms with Gasteiger partial charge in [0, 0.05) is 13.0 Å². The number of amides is 1. The van der Waals surface area contributed by atoms with Crippen molar-refractivity contribution in [3.63, 3.8) is 0 Å². The first-order chi connectivity index (χ1) is 9.40. The molecular formula is C14H14Cl2FNO2. The van der Waals surface area contributed by atoms with Crippen LogP contribution in [0.3, 0.4) is 0 Å². The van der Waals surface area contributed by atoms with Gasteiger partial charge in [0.25, 0.3) is 5.91 Å². The number of aliphatic hydroxyl groups is 1. The summed E-state index contributed by atoms with van der Waals surface area (Å²) in [4.78, 5) is 13.2. The van der Waals surface area contributed by atoms with Crippen LogP contribution in [0.15, 0.2) is 34.3 Å². The van der Waals surface area contributed by atoms with Gasteiger partial charge in [0.15, 0.2) is 5.72 Å². The van der Waals surface area contributed by atoms with Gasteiger partial charge in [-0.1, -0.05) is 42.3 Å². The van der Waals surface area contributed by atoms with Gasteiger partial charge in [0.2, 0.25) is 0 Å². The largest absolute Gasteiger partial charge is 0.366 e. The van der Waals surface area contributed by atoms with Gasteiger partial charge in [-0.2, -0.15) is 0 Å². The van der Waals surface area contributed by atoms with Gasteiger partial charge in [-0.3, -0.25) is 4.79 Å². The zero-order valence-corrected chi connectivity index (χ0v) is 12.4. The molecule has 1 aromatic rings. The van der Waals surface area contributed by atoms with Gasteiger partial charge in [0.1, 0.15) is 10.8 Å². The lowest BCUT2D eigenvalue weighted by atomic mass is 10.0. The minimum absolute atomic E-state index is 0.0636. The van der Waals surface area contributed by atoms with E-state index in [1.165, 1.54) is 29.2 Å². The lowest BCUT2D eigenvalue weighted by Crippen LogP contribution is -2.49. The molecule has 0 spiro atoms. The highest BCUT2D eigenvalue weighted by Crippen LogP contribution is 2.40. The smallest absolute Gasteiger partial charge is 0.269 e. The Morgan fingerprint density at radius 2 is 1.90 bits per heavy atom. The molecule has 6 heteroatoms. The van der Waals surface area contributed by atoms with Crippen LogP contribution in [-0.2, 0) is 11.2 Å². The molecule has 1 atom stereocenters. The molecule has 1 N–H and O–H groups in total. The predicted octanol–water partition coefficient (Wildman–Crippen LogP) is 3.00. The van der Waals surface area contributed by atoms with E-state index >= 15 is 0 Å². The lowest BCUT2D eigenvalue weighted by Gasteiger charge is -2.34. The quantitative estimate of drug-likeness (QED) is 0.927. The minimum Gasteiger partial charge on any atom is -0.366 e. The Morgan fingerprint density at radius 1 is 1.30 bits per heavy atom. The average molecular weight is 318 g/mol. The van der Waals surface area contributed by atoms with Crippen LogP contribution in [0.2, 0.25) is 0 Å². The molecule has 0 radical (unpaired) electrons. The van der Waals surface area contributed by atoms with Gasteiger partial charge in [-0.15, -0.1) is 0 Å². The summed E-state index contributed by atoms with van der Waals surface area (Å²) in [5.74, 6) is -0.851. The summed E-state index contributed by atoms with van der Waals surface area (Å²) in [5, 5.41) is 10.5. The second kappa shape index (κ2) is 5.72. The maximum atomic E-state index is 12.9. The van der Waals surface area contributed by atoms with E-state index in [4.69, 9.17) is 23.2 Å². The van der Waals surface area contributed by atoms with Crippen molar-refractivity contribution >= 4 is 29.1 Å². The van der Waals surface area contributed by atoms with E-state index in [1.807, 2.05) is 6.92 Å². The molecule has 1 unspecified atom stereocenters. The van der Waals surface area contributed by atoms with Crippen molar-refractivity contribution < 1.29 is 14.3 Å². The maximum absolute atomic E-state index is 12.9. The molecule has 0 aliphatic carbocycles. The van der Waals surface area contributed by atoms with E-state index < -0.39 is 11.6 Å². The fourth-order valence-electron chi connectivity index (χ4n) is 2.24. The molecular weight excluding hydrogens is 304 g/mol. The summed E-state index contributed by atoms with van der Waals surface area (Å²) >= 11 is 11.9. The highest BCUT2D eigenvalue weighted by Gasteiger charge is 2.49. The number of rotatable bonds is 4. The van der Waals surface area contributed by atoms with Crippen LogP contribution < -0.4 is 0 Å². The molecule has 1 aromatic carbocycles. The van der Waals surface area contributed by atoms with Crippen LogP contribution in [0.5, 0.6) is 0 Å². The van der Waals surface area contributed by atoms with Crippen molar-refractivity contribution in [2.75, 3.05) is 6.54 Å². The van der Waals surface area contributed by atoms with E-state index in [0.717, 1.165) is 0 Å². The zero-order valence-electron chi connectivity index (χ0n) is 10.9. The number of hydrogen-bond donors (Lipinski definition) is 1. The molecule has 1 aliphatic heterocycles. The van der Waals surface area contributed by atoms with Crippen molar-refractivity contribution in [3.8, 4) is 0 Å². The first-order valence-corrected chi connectivity index (χ1v) is 7.00. The third kappa shape index (κ3) is 2.55. The molecule has 0 saturated carbocycles. The zero-order chi connectivity index (χ0) is 14.9. The average Bonchev–Trinajstić information content (AvgIpc) is 2.58. The third-order valence-corrected chi connectivity index (χ3v) is 4.17. The molecule has 0 aromatic heterocycles. The van der Waals surface area contributed by atoms with E-state index in [0.29, 0.717) is 18.5 Å². The summed E-state index contributed by atoms with van der Waals surface area (Å²) in [5.41, 5.74) is -1.00. The maximum Gasteiger partial charge on any atom is 0.269 e. The standard InChI is InChI=1S/C14H14Cl2FNO2/c1-2-7-18-13(19)11(15)12(16)14(18,20)8-9-3-5-10(17)6-4-9/h3-6,20H,2,7-8H2,1H3. The first kappa shape index (κ1) is 15.3. The van der Waals surface area contributed by atoms with E-state index in [9.17, 15) is 14.3 Å². The Bertz CT molecular complexity index is 559. The first-order valence-electron chi connectivity index (χ1n) is 6.24. The number of hydrogen-bond acceptors (Lipinski definition) is 2. The third-order valence-electron chi connectivity index (χ3n) is 3.23. The van der Waals surface area contributed by atoms with Gasteiger partial charge in [0.05, 0.1) is 5.03 Å². The Hall–Kier alpha value is -1.10. The summed E-state index contributed by atoms with van der Waals surface area (Å²) in [6.45, 7) is 2.22. The monoisotopic (exact) mass is 317 g/mol. The Labute approximate surface area is 126 Å². The molecule has 20 heavy (non-hydrogen) atoms. The van der Waals surface area contributed by atoms with Gasteiger partial charge in [-0.05, 0) is 24.1 Å². The molecule has 0 saturated heterocycles. The van der Waals surface area contributed by atoms with Crippen molar-refractivity contribution in [1.29, 1.82) is 0 Å². The normalized spacial score (nSPS) is 22.9. The second-order valence-corrected chi connectivity index (χ2v) is 5.46. The van der Waals surface area contributed by atoms with Crippen molar-refractivity contribution in [1.82, 2.24) is 4.90 Å². The minimum atomic E-state index is -1.66. The molecule has 2 rings (SSSR count). The summed E-state index contributed by atoms with van der Waals surface area (Å²) in [6.07, 6.45) is 0.722. The summed E-state index contributed by atoms with van der Waals surface area (Å²) in [7, 11) is 0. The molecule has 3 nitrogen and oxygen atoms in total. The van der Waals surface area contributed by atoms with E-state index in [-0.39, 0.29) is 22.3 Å². The lowest BCUT2D eigenvalue weighted by molar-refractivity contribution is -0.141. The van der Waals surface area contributed by atoms with Crippen molar-refractivity contribution in [2.24, 2.45) is 0 Å². The van der Waals surface area contributed by atoms with Crippen LogP contribution in [0.25, 0.3) is 0 Å². The fourth-order valence-corrected chi connectivity index (χ4v) is 2.75. The van der Waals surface area contributed by atoms with Gasteiger partial charge in [-0.25, -0.2) is 4.39 Å². The molecule has 1 amide bonds. The highest BCUT2D eigenvalue weighted by molar-refractivity contribution is 6.50. The second-order valence-electron chi connectivity index (χ2n) is 4.70. The van der Waals surface area contributed by atoms with Crippen LogP contribution in [0, 0.1) is 5.82 Å². The molecule has 0 bridgehead atoms. The SMILES string of the molecule is CCCN1C(=O)C(Cl)=C(Cl)C1(O)Cc1ccc(F)cc1. The number of halogens is 3. The summed E-state index contributed by atoms with van der Waals surface area (Å²) < 4.78 is 12.9. The topological polar surface area (TPSA) is 40.5 Å². The van der Waals surface area contributed by atoms with Crippen LogP contribution in [-0.4, -0.2) is 28.2 Å². The molecule has 108 valence electrons. The number of carbonyl (C=O) groups is 1. The van der Waals surface area contributed by atoms with Crippen LogP contribution >= 0.6 is 23.2 Å². The van der Waals surface area contributed by atoms with E-state index in [2.05, 4.69) is 0 Å². The Kier molecular flexibility index (Phi) is 4.37. The van der Waals surface area contributed by atoms with Crippen LogP contribution in [0.4, 0.5) is 4.39 Å².